The molecule has 2 aliphatic carbocycles. The number of Topliss-reactive ketones (excluding diaryl/α,β-unsaturated/α-hetero) is 1. The lowest BCUT2D eigenvalue weighted by atomic mass is 9.47. The lowest BCUT2D eigenvalue weighted by Crippen LogP contribution is -2.65. The molecule has 0 aliphatic heterocycles. The molecule has 0 aromatic heterocycles. The van der Waals surface area contributed by atoms with Crippen molar-refractivity contribution in [1.82, 2.24) is 0 Å². The Morgan fingerprint density at radius 3 is 2.55 bits per heavy atom. The van der Waals surface area contributed by atoms with Crippen LogP contribution >= 0.6 is 0 Å². The van der Waals surface area contributed by atoms with Crippen molar-refractivity contribution in [3.05, 3.63) is 12.2 Å². The quantitative estimate of drug-likeness (QED) is 0.570. The van der Waals surface area contributed by atoms with Crippen LogP contribution in [0.1, 0.15) is 27.2 Å². The van der Waals surface area contributed by atoms with Gasteiger partial charge in [-0.1, -0.05) is 26.8 Å². The van der Waals surface area contributed by atoms with Crippen molar-refractivity contribution in [2.75, 3.05) is 7.11 Å². The van der Waals surface area contributed by atoms with E-state index >= 15 is 0 Å². The largest absolute Gasteiger partial charge is 0.468 e. The fourth-order valence-electron chi connectivity index (χ4n) is 3.62. The number of hydrogen-bond donors (Lipinski definition) is 1. The molecule has 0 radical (unpaired) electrons. The minimum absolute atomic E-state index is 0.0552. The number of carbonyl (C=O) groups excluding carboxylic acids is 3. The second-order valence-corrected chi connectivity index (χ2v) is 6.35. The number of fused-ring (bicyclic) bond motifs is 1. The third-order valence-electron chi connectivity index (χ3n) is 5.14. The Labute approximate surface area is 118 Å². The van der Waals surface area contributed by atoms with Crippen molar-refractivity contribution in [3.63, 3.8) is 0 Å². The van der Waals surface area contributed by atoms with Gasteiger partial charge in [0.1, 0.15) is 0 Å². The first kappa shape index (κ1) is 14.9. The van der Waals surface area contributed by atoms with Crippen LogP contribution in [0.5, 0.6) is 0 Å². The summed E-state index contributed by atoms with van der Waals surface area (Å²) in [5, 5.41) is 10.3. The van der Waals surface area contributed by atoms with Crippen LogP contribution < -0.4 is 0 Å². The zero-order valence-electron chi connectivity index (χ0n) is 12.2. The first-order chi connectivity index (χ1) is 9.20. The molecule has 0 spiro atoms. The molecule has 0 heterocycles. The number of ketones is 2. The summed E-state index contributed by atoms with van der Waals surface area (Å²) < 4.78 is 4.76. The van der Waals surface area contributed by atoms with E-state index in [0.29, 0.717) is 0 Å². The summed E-state index contributed by atoms with van der Waals surface area (Å²) >= 11 is 0. The fourth-order valence-corrected chi connectivity index (χ4v) is 3.62. The Hall–Kier alpha value is -1.49. The van der Waals surface area contributed by atoms with Gasteiger partial charge in [0, 0.05) is 6.42 Å². The van der Waals surface area contributed by atoms with E-state index in [0.717, 1.165) is 0 Å². The molecule has 1 fully saturated rings. The van der Waals surface area contributed by atoms with Crippen LogP contribution in [0.2, 0.25) is 0 Å². The number of aliphatic hydroxyl groups is 1. The van der Waals surface area contributed by atoms with E-state index in [-0.39, 0.29) is 18.1 Å². The number of hydrogen-bond acceptors (Lipinski definition) is 5. The van der Waals surface area contributed by atoms with Crippen LogP contribution in [0.3, 0.4) is 0 Å². The summed E-state index contributed by atoms with van der Waals surface area (Å²) in [6, 6.07) is 0. The number of esters is 1. The van der Waals surface area contributed by atoms with Crippen LogP contribution in [0, 0.1) is 22.7 Å². The van der Waals surface area contributed by atoms with Crippen LogP contribution in [-0.2, 0) is 19.1 Å². The Balaban J connectivity index is 2.72. The second kappa shape index (κ2) is 4.52. The summed E-state index contributed by atoms with van der Waals surface area (Å²) in [5.41, 5.74) is -2.37. The maximum absolute atomic E-state index is 12.6. The average molecular weight is 280 g/mol. The lowest BCUT2D eigenvalue weighted by molar-refractivity contribution is -0.186. The van der Waals surface area contributed by atoms with Crippen molar-refractivity contribution >= 4 is 17.5 Å². The van der Waals surface area contributed by atoms with Crippen LogP contribution in [-0.4, -0.2) is 35.9 Å². The summed E-state index contributed by atoms with van der Waals surface area (Å²) in [6.07, 6.45) is 1.32. The van der Waals surface area contributed by atoms with E-state index in [9.17, 15) is 19.5 Å². The molecule has 1 N–H and O–H groups in total. The first-order valence-electron chi connectivity index (χ1n) is 6.72. The van der Waals surface area contributed by atoms with E-state index < -0.39 is 34.6 Å². The summed E-state index contributed by atoms with van der Waals surface area (Å²) in [6.45, 7) is 5.60. The van der Waals surface area contributed by atoms with Gasteiger partial charge in [0.05, 0.1) is 19.1 Å². The Morgan fingerprint density at radius 1 is 1.40 bits per heavy atom. The molecule has 4 atom stereocenters. The van der Waals surface area contributed by atoms with Crippen molar-refractivity contribution in [2.45, 2.75) is 33.3 Å². The first-order valence-corrected chi connectivity index (χ1v) is 6.72. The highest BCUT2D eigenvalue weighted by molar-refractivity contribution is 6.13. The SMILES string of the molecule is COC(=O)[C@@]12C(=O)C[C@@H](C)C(C)(C)[C@@H]1C(=O)C=C[C@H]2O. The number of aliphatic hydroxyl groups excluding tert-OH is 1. The van der Waals surface area contributed by atoms with E-state index in [1.807, 2.05) is 20.8 Å². The highest BCUT2D eigenvalue weighted by Crippen LogP contribution is 2.56. The molecule has 0 aromatic rings. The topological polar surface area (TPSA) is 80.7 Å². The zero-order chi connectivity index (χ0) is 15.3. The standard InChI is InChI=1S/C15H20O5/c1-8-7-11(18)15(13(19)20-4)10(17)6-5-9(16)12(15)14(8,2)3/h5-6,8,10,12,17H,7H2,1-4H3/t8-,10-,12+,15+/m1/s1. The highest BCUT2D eigenvalue weighted by Gasteiger charge is 2.68. The Bertz CT molecular complexity index is 504. The van der Waals surface area contributed by atoms with Gasteiger partial charge >= 0.3 is 5.97 Å². The molecule has 5 heteroatoms. The van der Waals surface area contributed by atoms with Crippen molar-refractivity contribution in [3.8, 4) is 0 Å². The van der Waals surface area contributed by atoms with E-state index in [4.69, 9.17) is 4.74 Å². The van der Waals surface area contributed by atoms with Gasteiger partial charge in [-0.3, -0.25) is 14.4 Å². The van der Waals surface area contributed by atoms with Crippen LogP contribution in [0.4, 0.5) is 0 Å². The smallest absolute Gasteiger partial charge is 0.323 e. The summed E-state index contributed by atoms with van der Waals surface area (Å²) in [7, 11) is 1.17. The molecule has 2 rings (SSSR count). The summed E-state index contributed by atoms with van der Waals surface area (Å²) in [5.74, 6) is -2.48. The second-order valence-electron chi connectivity index (χ2n) is 6.35. The average Bonchev–Trinajstić information content (AvgIpc) is 2.38. The van der Waals surface area contributed by atoms with Gasteiger partial charge in [-0.2, -0.15) is 0 Å². The molecule has 2 aliphatic rings. The number of rotatable bonds is 1. The van der Waals surface area contributed by atoms with Gasteiger partial charge in [0.2, 0.25) is 0 Å². The fraction of sp³-hybridized carbons (Fsp3) is 0.667. The van der Waals surface area contributed by atoms with Gasteiger partial charge in [-0.05, 0) is 17.4 Å². The molecule has 0 bridgehead atoms. The molecule has 110 valence electrons. The maximum atomic E-state index is 12.6. The van der Waals surface area contributed by atoms with Gasteiger partial charge in [0.15, 0.2) is 17.0 Å². The predicted octanol–water partition coefficient (Wildman–Crippen LogP) is 0.897. The zero-order valence-corrected chi connectivity index (χ0v) is 12.2. The highest BCUT2D eigenvalue weighted by atomic mass is 16.5. The molecular formula is C15H20O5. The Kier molecular flexibility index (Phi) is 3.37. The number of carbonyl (C=O) groups is 3. The third-order valence-corrected chi connectivity index (χ3v) is 5.14. The van der Waals surface area contributed by atoms with E-state index in [2.05, 4.69) is 0 Å². The van der Waals surface area contributed by atoms with Crippen molar-refractivity contribution in [2.24, 2.45) is 22.7 Å². The molecule has 0 unspecified atom stereocenters. The van der Waals surface area contributed by atoms with Gasteiger partial charge < -0.3 is 9.84 Å². The van der Waals surface area contributed by atoms with Gasteiger partial charge in [-0.15, -0.1) is 0 Å². The molecule has 1 saturated carbocycles. The number of ether oxygens (including phenoxy) is 1. The van der Waals surface area contributed by atoms with E-state index in [1.54, 1.807) is 0 Å². The van der Waals surface area contributed by atoms with Crippen LogP contribution in [0.15, 0.2) is 12.2 Å². The molecule has 0 aromatic carbocycles. The van der Waals surface area contributed by atoms with Gasteiger partial charge in [0.25, 0.3) is 0 Å². The Morgan fingerprint density at radius 2 is 2.00 bits per heavy atom. The number of methoxy groups -OCH3 is 1. The molecule has 20 heavy (non-hydrogen) atoms. The molecule has 5 nitrogen and oxygen atoms in total. The maximum Gasteiger partial charge on any atom is 0.323 e. The minimum Gasteiger partial charge on any atom is -0.468 e. The van der Waals surface area contributed by atoms with Crippen molar-refractivity contribution in [1.29, 1.82) is 0 Å². The lowest BCUT2D eigenvalue weighted by Gasteiger charge is -2.53. The van der Waals surface area contributed by atoms with Crippen molar-refractivity contribution < 1.29 is 24.2 Å². The predicted molar refractivity (Wildman–Crippen MR) is 70.7 cm³/mol. The monoisotopic (exact) mass is 280 g/mol. The minimum atomic E-state index is -1.80. The molecule has 0 saturated heterocycles. The normalized spacial score (nSPS) is 39.4. The van der Waals surface area contributed by atoms with E-state index in [1.165, 1.54) is 19.3 Å². The summed E-state index contributed by atoms with van der Waals surface area (Å²) in [4.78, 5) is 37.2. The number of allylic oxidation sites excluding steroid dienone is 1. The molecule has 0 amide bonds. The molecular weight excluding hydrogens is 260 g/mol. The van der Waals surface area contributed by atoms with Gasteiger partial charge in [-0.25, -0.2) is 0 Å². The third kappa shape index (κ3) is 1.62. The van der Waals surface area contributed by atoms with Crippen LogP contribution in [0.25, 0.3) is 0 Å².